The van der Waals surface area contributed by atoms with Gasteiger partial charge in [-0.1, -0.05) is 56.3 Å². The first-order valence-electron chi connectivity index (χ1n) is 10.6. The topological polar surface area (TPSA) is 61.4 Å². The van der Waals surface area contributed by atoms with E-state index in [1.807, 2.05) is 30.3 Å². The molecule has 5 nitrogen and oxygen atoms in total. The second-order valence-corrected chi connectivity index (χ2v) is 8.55. The minimum Gasteiger partial charge on any atom is -0.351 e. The molecular weight excluding hydrogens is 419 g/mol. The van der Waals surface area contributed by atoms with Gasteiger partial charge in [0.05, 0.1) is 0 Å². The molecule has 0 radical (unpaired) electrons. The highest BCUT2D eigenvalue weighted by Gasteiger charge is 2.62. The summed E-state index contributed by atoms with van der Waals surface area (Å²) in [6, 6.07) is 15.9. The van der Waals surface area contributed by atoms with Crippen molar-refractivity contribution in [2.24, 2.45) is 11.3 Å². The van der Waals surface area contributed by atoms with Crippen molar-refractivity contribution in [1.29, 1.82) is 0 Å². The van der Waals surface area contributed by atoms with E-state index >= 15 is 0 Å². The maximum Gasteiger partial charge on any atom is 0.404 e. The number of nitrogens with zero attached hydrogens (tertiary/aromatic N) is 1. The summed E-state index contributed by atoms with van der Waals surface area (Å²) in [7, 11) is 0. The first kappa shape index (κ1) is 23.8. The quantitative estimate of drug-likeness (QED) is 0.663. The second-order valence-electron chi connectivity index (χ2n) is 8.55. The molecule has 1 aliphatic heterocycles. The third-order valence-corrected chi connectivity index (χ3v) is 5.77. The third-order valence-electron chi connectivity index (χ3n) is 5.77. The van der Waals surface area contributed by atoms with Gasteiger partial charge in [0.15, 0.2) is 5.41 Å². The molecular formula is C24H28F3N3O2. The van der Waals surface area contributed by atoms with Crippen LogP contribution in [0.3, 0.4) is 0 Å². The molecule has 1 aliphatic rings. The number of hydrogen-bond donors (Lipinski definition) is 2. The molecule has 0 bridgehead atoms. The van der Waals surface area contributed by atoms with Crippen molar-refractivity contribution in [3.05, 3.63) is 65.7 Å². The molecule has 2 N–H and O–H groups in total. The monoisotopic (exact) mass is 447 g/mol. The second kappa shape index (κ2) is 9.73. The van der Waals surface area contributed by atoms with Gasteiger partial charge < -0.3 is 10.6 Å². The number of rotatable bonds is 7. The van der Waals surface area contributed by atoms with Crippen LogP contribution in [0.2, 0.25) is 0 Å². The van der Waals surface area contributed by atoms with Gasteiger partial charge >= 0.3 is 6.18 Å². The highest BCUT2D eigenvalue weighted by Crippen LogP contribution is 2.46. The van der Waals surface area contributed by atoms with E-state index in [0.29, 0.717) is 17.8 Å². The van der Waals surface area contributed by atoms with E-state index in [-0.39, 0.29) is 37.9 Å². The lowest BCUT2D eigenvalue weighted by Gasteiger charge is -2.30. The molecule has 1 heterocycles. The Kier molecular flexibility index (Phi) is 7.23. The fraction of sp³-hybridized carbons (Fsp3) is 0.417. The van der Waals surface area contributed by atoms with Gasteiger partial charge in [0.25, 0.3) is 0 Å². The maximum absolute atomic E-state index is 14.0. The molecule has 3 rings (SSSR count). The number of anilines is 1. The van der Waals surface area contributed by atoms with E-state index in [4.69, 9.17) is 0 Å². The zero-order chi connectivity index (χ0) is 23.4. The minimum atomic E-state index is -4.65. The van der Waals surface area contributed by atoms with Crippen molar-refractivity contribution in [3.63, 3.8) is 0 Å². The summed E-state index contributed by atoms with van der Waals surface area (Å²) in [6.45, 7) is 3.74. The van der Waals surface area contributed by atoms with Crippen LogP contribution in [0.25, 0.3) is 0 Å². The van der Waals surface area contributed by atoms with Gasteiger partial charge in [0, 0.05) is 31.2 Å². The lowest BCUT2D eigenvalue weighted by molar-refractivity contribution is -0.218. The fourth-order valence-corrected chi connectivity index (χ4v) is 3.75. The van der Waals surface area contributed by atoms with E-state index in [0.717, 1.165) is 5.56 Å². The number of carbonyl (C=O) groups excluding carboxylic acids is 2. The number of alkyl halides is 3. The van der Waals surface area contributed by atoms with Crippen LogP contribution >= 0.6 is 0 Å². The van der Waals surface area contributed by atoms with E-state index in [2.05, 4.69) is 10.6 Å². The zero-order valence-corrected chi connectivity index (χ0v) is 18.2. The molecule has 2 aromatic carbocycles. The van der Waals surface area contributed by atoms with E-state index < -0.39 is 17.5 Å². The summed E-state index contributed by atoms with van der Waals surface area (Å²) in [4.78, 5) is 26.2. The first-order valence-corrected chi connectivity index (χ1v) is 10.6. The van der Waals surface area contributed by atoms with Crippen LogP contribution in [0.4, 0.5) is 18.9 Å². The Bertz CT molecular complexity index is 930. The SMILES string of the molecule is CC(C)C(=O)Nc1ccc(CNC(=O)C2(C(F)(F)F)CCN(Cc3ccccc3)C2)cc1. The molecule has 1 unspecified atom stereocenters. The number of benzene rings is 2. The van der Waals surface area contributed by atoms with Crippen LogP contribution in [0.5, 0.6) is 0 Å². The van der Waals surface area contributed by atoms with Crippen molar-refractivity contribution in [2.45, 2.75) is 39.5 Å². The van der Waals surface area contributed by atoms with Crippen LogP contribution in [-0.4, -0.2) is 36.0 Å². The summed E-state index contributed by atoms with van der Waals surface area (Å²) in [5.41, 5.74) is -0.266. The van der Waals surface area contributed by atoms with E-state index in [1.165, 1.54) is 0 Å². The highest BCUT2D eigenvalue weighted by molar-refractivity contribution is 5.92. The van der Waals surface area contributed by atoms with Gasteiger partial charge in [-0.05, 0) is 36.2 Å². The summed E-state index contributed by atoms with van der Waals surface area (Å²) in [5.74, 6) is -1.29. The number of likely N-dealkylation sites (tertiary alicyclic amines) is 1. The molecule has 2 amide bonds. The van der Waals surface area contributed by atoms with Crippen LogP contribution in [-0.2, 0) is 22.7 Å². The predicted molar refractivity (Wildman–Crippen MR) is 117 cm³/mol. The molecule has 0 saturated carbocycles. The molecule has 8 heteroatoms. The van der Waals surface area contributed by atoms with Gasteiger partial charge in [-0.25, -0.2) is 0 Å². The molecule has 172 valence electrons. The third kappa shape index (κ3) is 5.48. The van der Waals surface area contributed by atoms with Crippen LogP contribution in [0.15, 0.2) is 54.6 Å². The summed E-state index contributed by atoms with van der Waals surface area (Å²) < 4.78 is 42.0. The molecule has 32 heavy (non-hydrogen) atoms. The Morgan fingerprint density at radius 3 is 2.28 bits per heavy atom. The lowest BCUT2D eigenvalue weighted by Crippen LogP contribution is -2.52. The molecule has 1 atom stereocenters. The Hall–Kier alpha value is -2.87. The van der Waals surface area contributed by atoms with Gasteiger partial charge in [-0.3, -0.25) is 14.5 Å². The summed E-state index contributed by atoms with van der Waals surface area (Å²) >= 11 is 0. The Labute approximate surface area is 186 Å². The van der Waals surface area contributed by atoms with Crippen molar-refractivity contribution in [2.75, 3.05) is 18.4 Å². The number of carbonyl (C=O) groups is 2. The average molecular weight is 448 g/mol. The standard InChI is InChI=1S/C24H28F3N3O2/c1-17(2)21(31)29-20-10-8-18(9-11-20)14-28-22(32)23(24(25,26)27)12-13-30(16-23)15-19-6-4-3-5-7-19/h3-11,17H,12-16H2,1-2H3,(H,28,32)(H,29,31). The molecule has 1 fully saturated rings. The van der Waals surface area contributed by atoms with Gasteiger partial charge in [0.1, 0.15) is 0 Å². The van der Waals surface area contributed by atoms with Crippen LogP contribution in [0.1, 0.15) is 31.4 Å². The largest absolute Gasteiger partial charge is 0.404 e. The predicted octanol–water partition coefficient (Wildman–Crippen LogP) is 4.35. The van der Waals surface area contributed by atoms with E-state index in [9.17, 15) is 22.8 Å². The maximum atomic E-state index is 14.0. The Morgan fingerprint density at radius 1 is 1.03 bits per heavy atom. The molecule has 0 spiro atoms. The van der Waals surface area contributed by atoms with Gasteiger partial charge in [0.2, 0.25) is 11.8 Å². The molecule has 1 saturated heterocycles. The number of hydrogen-bond acceptors (Lipinski definition) is 3. The summed E-state index contributed by atoms with van der Waals surface area (Å²) in [6.07, 6.45) is -4.91. The van der Waals surface area contributed by atoms with Crippen molar-refractivity contribution >= 4 is 17.5 Å². The smallest absolute Gasteiger partial charge is 0.351 e. The first-order chi connectivity index (χ1) is 15.1. The number of amides is 2. The molecule has 0 aliphatic carbocycles. The fourth-order valence-electron chi connectivity index (χ4n) is 3.75. The summed E-state index contributed by atoms with van der Waals surface area (Å²) in [5, 5.41) is 5.23. The minimum absolute atomic E-state index is 0.0201. The Morgan fingerprint density at radius 2 is 1.69 bits per heavy atom. The van der Waals surface area contributed by atoms with Gasteiger partial charge in [-0.15, -0.1) is 0 Å². The highest BCUT2D eigenvalue weighted by atomic mass is 19.4. The molecule has 0 aromatic heterocycles. The Balaban J connectivity index is 1.63. The van der Waals surface area contributed by atoms with Crippen molar-refractivity contribution in [3.8, 4) is 0 Å². The van der Waals surface area contributed by atoms with Crippen LogP contribution in [0, 0.1) is 11.3 Å². The number of halogens is 3. The normalized spacial score (nSPS) is 19.2. The molecule has 2 aromatic rings. The van der Waals surface area contributed by atoms with E-state index in [1.54, 1.807) is 43.0 Å². The van der Waals surface area contributed by atoms with Crippen LogP contribution < -0.4 is 10.6 Å². The van der Waals surface area contributed by atoms with Crippen molar-refractivity contribution < 1.29 is 22.8 Å². The lowest BCUT2D eigenvalue weighted by atomic mass is 9.85. The number of nitrogens with one attached hydrogen (secondary N) is 2. The average Bonchev–Trinajstić information content (AvgIpc) is 3.19. The van der Waals surface area contributed by atoms with Gasteiger partial charge in [-0.2, -0.15) is 13.2 Å². The zero-order valence-electron chi connectivity index (χ0n) is 18.2. The van der Waals surface area contributed by atoms with Crippen molar-refractivity contribution in [1.82, 2.24) is 10.2 Å².